The first kappa shape index (κ1) is 64.3. The van der Waals surface area contributed by atoms with Gasteiger partial charge in [-0.1, -0.05) is 52.0 Å². The molecule has 2 aromatic carbocycles. The van der Waals surface area contributed by atoms with Gasteiger partial charge in [0, 0.05) is 81.0 Å². The molecule has 456 valence electrons. The zero-order chi connectivity index (χ0) is 60.4. The van der Waals surface area contributed by atoms with Gasteiger partial charge in [0.2, 0.25) is 29.4 Å². The highest BCUT2D eigenvalue weighted by molar-refractivity contribution is 7.13. The zero-order valence-electron chi connectivity index (χ0n) is 49.9. The molecule has 0 bridgehead atoms. The lowest BCUT2D eigenvalue weighted by molar-refractivity contribution is -0.144. The lowest BCUT2D eigenvalue weighted by atomic mass is 9.85. The standard InChI is InChI=1S/C60H82N10O13S/c1-11-44-35-68(58(75)83-60(6,7)8)20-21-69(44)50-17-16-42(34-62-50)46-18-19-61-57(66-46)65-43-30-48(76-9)52(77-10)49(31-43)82-29-28-80-25-24-78-22-23-79-26-27-81-37-51(72)67-54(59(3,4)5)56(74)70-36-45(71)32-47(70)55(73)63-33-40-12-14-41(15-13-40)53-39(2)64-38-84-53/h12-19,30-31,34,38,44-45,47,54,71H,11,20-29,32-33,35-37H2,1-10H3,(H,63,73)(H,67,72)(H,61,65,66)/t44?,45-,47+,54-/m1/s1. The van der Waals surface area contributed by atoms with Crippen molar-refractivity contribution in [3.63, 3.8) is 0 Å². The second-order valence-electron chi connectivity index (χ2n) is 22.4. The molecule has 5 heterocycles. The summed E-state index contributed by atoms with van der Waals surface area (Å²) in [5.41, 5.74) is 5.50. The van der Waals surface area contributed by atoms with Gasteiger partial charge in [-0.25, -0.2) is 24.7 Å². The van der Waals surface area contributed by atoms with Crippen LogP contribution in [-0.2, 0) is 44.6 Å². The number of hydrogen-bond acceptors (Lipinski definition) is 20. The number of likely N-dealkylation sites (tertiary alicyclic amines) is 1. The Bertz CT molecular complexity index is 2940. The number of aliphatic hydroxyl groups is 1. The molecule has 4 N–H and O–H groups in total. The molecule has 5 aromatic rings. The SMILES string of the molecule is CCC1CN(C(=O)OC(C)(C)C)CCN1c1ccc(-c2ccnc(Nc3cc(OC)c(OC)c(OCCOCCOCCOCCOCC(=O)N[C@H](C(=O)N4C[C@H](O)C[C@H]4C(=O)NCc4ccc(-c5scnc5C)cc4)C(C)(C)C)c3)n2)cn1. The van der Waals surface area contributed by atoms with Crippen LogP contribution in [0.15, 0.2) is 72.5 Å². The van der Waals surface area contributed by atoms with Crippen LogP contribution >= 0.6 is 11.3 Å². The fraction of sp³-hybridized carbons (Fsp3) is 0.533. The van der Waals surface area contributed by atoms with E-state index in [4.69, 9.17) is 47.9 Å². The van der Waals surface area contributed by atoms with Gasteiger partial charge < -0.3 is 73.7 Å². The summed E-state index contributed by atoms with van der Waals surface area (Å²) in [4.78, 5) is 78.1. The van der Waals surface area contributed by atoms with Gasteiger partial charge >= 0.3 is 6.09 Å². The largest absolute Gasteiger partial charge is 0.493 e. The first-order valence-corrected chi connectivity index (χ1v) is 29.2. The number of benzene rings is 2. The summed E-state index contributed by atoms with van der Waals surface area (Å²) in [6.45, 7) is 18.8. The molecule has 23 nitrogen and oxygen atoms in total. The molecule has 4 atom stereocenters. The number of ether oxygens (including phenoxy) is 8. The maximum Gasteiger partial charge on any atom is 0.410 e. The first-order valence-electron chi connectivity index (χ1n) is 28.3. The Labute approximate surface area is 496 Å². The van der Waals surface area contributed by atoms with Crippen LogP contribution < -0.4 is 35.1 Å². The van der Waals surface area contributed by atoms with Crippen molar-refractivity contribution in [2.24, 2.45) is 5.41 Å². The second-order valence-corrected chi connectivity index (χ2v) is 23.2. The van der Waals surface area contributed by atoms with Gasteiger partial charge in [-0.2, -0.15) is 0 Å². The molecule has 7 rings (SSSR count). The number of carbonyl (C=O) groups excluding carboxylic acids is 4. The second kappa shape index (κ2) is 30.5. The number of hydrogen-bond donors (Lipinski definition) is 4. The topological polar surface area (TPSA) is 260 Å². The van der Waals surface area contributed by atoms with Crippen molar-refractivity contribution in [3.8, 4) is 38.9 Å². The summed E-state index contributed by atoms with van der Waals surface area (Å²) < 4.78 is 45.5. The van der Waals surface area contributed by atoms with Gasteiger partial charge in [0.25, 0.3) is 0 Å². The van der Waals surface area contributed by atoms with Crippen molar-refractivity contribution in [1.82, 2.24) is 40.4 Å². The van der Waals surface area contributed by atoms with Crippen LogP contribution in [0.5, 0.6) is 17.2 Å². The molecule has 84 heavy (non-hydrogen) atoms. The van der Waals surface area contributed by atoms with Crippen molar-refractivity contribution < 1.29 is 62.2 Å². The molecule has 2 aliphatic rings. The van der Waals surface area contributed by atoms with Crippen LogP contribution in [0, 0.1) is 12.3 Å². The molecular formula is C60H82N10O13S. The van der Waals surface area contributed by atoms with E-state index in [-0.39, 0.29) is 70.6 Å². The zero-order valence-corrected chi connectivity index (χ0v) is 50.8. The molecule has 2 saturated heterocycles. The fourth-order valence-corrected chi connectivity index (χ4v) is 10.4. The third kappa shape index (κ3) is 18.4. The normalized spacial score (nSPS) is 16.7. The molecule has 2 aliphatic heterocycles. The molecule has 4 amide bonds. The Kier molecular flexibility index (Phi) is 23.4. The average molecular weight is 1180 g/mol. The number of nitrogens with zero attached hydrogens (tertiary/aromatic N) is 7. The average Bonchev–Trinajstić information content (AvgIpc) is 4.16. The van der Waals surface area contributed by atoms with E-state index in [2.05, 4.69) is 37.7 Å². The molecular weight excluding hydrogens is 1100 g/mol. The van der Waals surface area contributed by atoms with Gasteiger partial charge in [0.1, 0.15) is 36.7 Å². The van der Waals surface area contributed by atoms with Gasteiger partial charge in [-0.3, -0.25) is 14.4 Å². The number of methoxy groups -OCH3 is 2. The maximum atomic E-state index is 14.0. The van der Waals surface area contributed by atoms with E-state index < -0.39 is 41.0 Å². The van der Waals surface area contributed by atoms with Crippen molar-refractivity contribution in [2.75, 3.05) is 110 Å². The third-order valence-electron chi connectivity index (χ3n) is 13.8. The molecule has 24 heteroatoms. The maximum absolute atomic E-state index is 14.0. The fourth-order valence-electron chi connectivity index (χ4n) is 9.54. The van der Waals surface area contributed by atoms with Crippen LogP contribution in [0.2, 0.25) is 0 Å². The Morgan fingerprint density at radius 3 is 2.10 bits per heavy atom. The molecule has 0 spiro atoms. The van der Waals surface area contributed by atoms with Crippen LogP contribution in [-0.4, -0.2) is 188 Å². The van der Waals surface area contributed by atoms with Crippen LogP contribution in [0.25, 0.3) is 21.7 Å². The van der Waals surface area contributed by atoms with Crippen molar-refractivity contribution in [2.45, 2.75) is 105 Å². The Morgan fingerprint density at radius 2 is 1.48 bits per heavy atom. The highest BCUT2D eigenvalue weighted by Crippen LogP contribution is 2.41. The number of carbonyl (C=O) groups is 4. The Hall–Kier alpha value is -7.22. The summed E-state index contributed by atoms with van der Waals surface area (Å²) in [5, 5.41) is 19.6. The molecule has 3 aromatic heterocycles. The Morgan fingerprint density at radius 1 is 0.798 bits per heavy atom. The number of β-amino-alcohol motifs (C(OH)–C–C–N with tert-alkyl or cyclic N) is 1. The van der Waals surface area contributed by atoms with E-state index in [1.807, 2.05) is 96.4 Å². The smallest absolute Gasteiger partial charge is 0.410 e. The summed E-state index contributed by atoms with van der Waals surface area (Å²) >= 11 is 1.57. The van der Waals surface area contributed by atoms with E-state index in [0.717, 1.165) is 39.5 Å². The van der Waals surface area contributed by atoms with Gasteiger partial charge in [0.15, 0.2) is 11.5 Å². The van der Waals surface area contributed by atoms with E-state index in [9.17, 15) is 24.3 Å². The summed E-state index contributed by atoms with van der Waals surface area (Å²) in [7, 11) is 3.07. The number of aliphatic hydroxyl groups excluding tert-OH is 1. The number of piperazine rings is 1. The summed E-state index contributed by atoms with van der Waals surface area (Å²) in [5.74, 6) is 1.10. The van der Waals surface area contributed by atoms with Crippen molar-refractivity contribution in [3.05, 3.63) is 83.8 Å². The number of pyridine rings is 1. The first-order chi connectivity index (χ1) is 40.2. The minimum absolute atomic E-state index is 0.0297. The number of thiazole rings is 1. The Balaban J connectivity index is 0.765. The minimum atomic E-state index is -0.984. The van der Waals surface area contributed by atoms with E-state index >= 15 is 0 Å². The van der Waals surface area contributed by atoms with Gasteiger partial charge in [-0.05, 0) is 68.9 Å². The predicted molar refractivity (Wildman–Crippen MR) is 318 cm³/mol. The van der Waals surface area contributed by atoms with Crippen LogP contribution in [0.4, 0.5) is 22.2 Å². The molecule has 2 fully saturated rings. The lowest BCUT2D eigenvalue weighted by Gasteiger charge is -2.42. The number of anilines is 3. The van der Waals surface area contributed by atoms with E-state index in [1.54, 1.807) is 47.9 Å². The van der Waals surface area contributed by atoms with Gasteiger partial charge in [0.05, 0.1) is 88.3 Å². The molecule has 0 radical (unpaired) electrons. The number of nitrogens with one attached hydrogen (secondary N) is 3. The lowest BCUT2D eigenvalue weighted by Crippen LogP contribution is -2.58. The predicted octanol–water partition coefficient (Wildman–Crippen LogP) is 6.82. The highest BCUT2D eigenvalue weighted by atomic mass is 32.1. The molecule has 0 saturated carbocycles. The van der Waals surface area contributed by atoms with E-state index in [1.165, 1.54) is 12.0 Å². The number of amides is 4. The number of aryl methyl sites for hydroxylation is 1. The van der Waals surface area contributed by atoms with Crippen molar-refractivity contribution >= 4 is 52.6 Å². The quantitative estimate of drug-likeness (QED) is 0.0375. The molecule has 1 unspecified atom stereocenters. The number of aromatic nitrogens is 4. The van der Waals surface area contributed by atoms with Crippen LogP contribution in [0.1, 0.15) is 72.6 Å². The minimum Gasteiger partial charge on any atom is -0.493 e. The summed E-state index contributed by atoms with van der Waals surface area (Å²) in [6, 6.07) is 15.4. The monoisotopic (exact) mass is 1180 g/mol. The molecule has 0 aliphatic carbocycles. The number of rotatable bonds is 28. The van der Waals surface area contributed by atoms with Crippen molar-refractivity contribution in [1.29, 1.82) is 0 Å². The third-order valence-corrected chi connectivity index (χ3v) is 14.8. The summed E-state index contributed by atoms with van der Waals surface area (Å²) in [6.07, 6.45) is 3.20. The van der Waals surface area contributed by atoms with Gasteiger partial charge in [-0.15, -0.1) is 11.3 Å². The highest BCUT2D eigenvalue weighted by Gasteiger charge is 2.44. The van der Waals surface area contributed by atoms with E-state index in [0.29, 0.717) is 80.6 Å². The van der Waals surface area contributed by atoms with Crippen LogP contribution in [0.3, 0.4) is 0 Å².